The molecule has 0 saturated carbocycles. The van der Waals surface area contributed by atoms with Crippen molar-refractivity contribution in [3.63, 3.8) is 0 Å². The molecule has 1 aromatic rings. The van der Waals surface area contributed by atoms with Crippen molar-refractivity contribution in [2.24, 2.45) is 5.92 Å². The van der Waals surface area contributed by atoms with Gasteiger partial charge < -0.3 is 10.6 Å². The number of aromatic nitrogens is 2. The van der Waals surface area contributed by atoms with E-state index in [9.17, 15) is 4.79 Å². The number of anilines is 1. The van der Waals surface area contributed by atoms with Crippen LogP contribution in [0.4, 0.5) is 5.69 Å². The second-order valence-corrected chi connectivity index (χ2v) is 4.07. The normalized spacial score (nSPS) is 17.0. The van der Waals surface area contributed by atoms with E-state index in [1.807, 2.05) is 0 Å². The van der Waals surface area contributed by atoms with Crippen molar-refractivity contribution in [2.45, 2.75) is 19.3 Å². The van der Waals surface area contributed by atoms with Crippen LogP contribution in [0.25, 0.3) is 0 Å². The number of rotatable bonds is 3. The lowest BCUT2D eigenvalue weighted by molar-refractivity contribution is -0.117. The Bertz CT molecular complexity index is 335. The van der Waals surface area contributed by atoms with Gasteiger partial charge in [0.2, 0.25) is 5.91 Å². The average Bonchev–Trinajstić information content (AvgIpc) is 2.31. The number of carbonyl (C=O) groups excluding carboxylic acids is 1. The van der Waals surface area contributed by atoms with Gasteiger partial charge in [-0.25, -0.2) is 9.97 Å². The first-order valence-corrected chi connectivity index (χ1v) is 5.60. The van der Waals surface area contributed by atoms with Crippen LogP contribution in [0.5, 0.6) is 0 Å². The van der Waals surface area contributed by atoms with Crippen LogP contribution < -0.4 is 10.6 Å². The molecule has 0 unspecified atom stereocenters. The molecule has 1 aliphatic rings. The molecule has 0 aliphatic carbocycles. The molecule has 86 valence electrons. The van der Waals surface area contributed by atoms with E-state index in [0.717, 1.165) is 25.9 Å². The molecule has 2 rings (SSSR count). The number of hydrogen-bond acceptors (Lipinski definition) is 4. The fourth-order valence-corrected chi connectivity index (χ4v) is 1.92. The minimum absolute atomic E-state index is 0.0571. The summed E-state index contributed by atoms with van der Waals surface area (Å²) < 4.78 is 0. The molecular formula is C11H16N4O. The molecule has 1 aromatic heterocycles. The Labute approximate surface area is 94.7 Å². The van der Waals surface area contributed by atoms with Crippen molar-refractivity contribution in [1.82, 2.24) is 15.3 Å². The number of piperidine rings is 1. The van der Waals surface area contributed by atoms with Gasteiger partial charge in [0.1, 0.15) is 6.33 Å². The Morgan fingerprint density at radius 1 is 1.38 bits per heavy atom. The molecule has 2 heterocycles. The van der Waals surface area contributed by atoms with Crippen LogP contribution >= 0.6 is 0 Å². The lowest BCUT2D eigenvalue weighted by Crippen LogP contribution is -2.30. The highest BCUT2D eigenvalue weighted by atomic mass is 16.1. The molecule has 1 fully saturated rings. The molecule has 16 heavy (non-hydrogen) atoms. The highest BCUT2D eigenvalue weighted by Crippen LogP contribution is 2.16. The lowest BCUT2D eigenvalue weighted by atomic mass is 9.94. The Kier molecular flexibility index (Phi) is 3.82. The average molecular weight is 220 g/mol. The Morgan fingerprint density at radius 2 is 2.06 bits per heavy atom. The van der Waals surface area contributed by atoms with E-state index in [1.165, 1.54) is 6.33 Å². The van der Waals surface area contributed by atoms with Crippen molar-refractivity contribution in [2.75, 3.05) is 18.4 Å². The predicted octanol–water partition coefficient (Wildman–Crippen LogP) is 0.805. The van der Waals surface area contributed by atoms with Crippen molar-refractivity contribution >= 4 is 11.6 Å². The topological polar surface area (TPSA) is 66.9 Å². The summed E-state index contributed by atoms with van der Waals surface area (Å²) in [5, 5.41) is 6.09. The van der Waals surface area contributed by atoms with Gasteiger partial charge in [0.05, 0.1) is 18.1 Å². The summed E-state index contributed by atoms with van der Waals surface area (Å²) in [5.41, 5.74) is 0.668. The van der Waals surface area contributed by atoms with Crippen molar-refractivity contribution in [3.8, 4) is 0 Å². The molecule has 0 bridgehead atoms. The SMILES string of the molecule is O=C(CC1CCNCC1)Nc1cncnc1. The van der Waals surface area contributed by atoms with E-state index in [0.29, 0.717) is 18.0 Å². The maximum Gasteiger partial charge on any atom is 0.224 e. The summed E-state index contributed by atoms with van der Waals surface area (Å²) >= 11 is 0. The molecule has 2 N–H and O–H groups in total. The monoisotopic (exact) mass is 220 g/mol. The number of nitrogens with zero attached hydrogens (tertiary/aromatic N) is 2. The van der Waals surface area contributed by atoms with E-state index in [4.69, 9.17) is 0 Å². The van der Waals surface area contributed by atoms with Crippen LogP contribution in [-0.2, 0) is 4.79 Å². The minimum atomic E-state index is 0.0571. The van der Waals surface area contributed by atoms with Gasteiger partial charge in [-0.05, 0) is 31.8 Å². The lowest BCUT2D eigenvalue weighted by Gasteiger charge is -2.21. The summed E-state index contributed by atoms with van der Waals surface area (Å²) in [6, 6.07) is 0. The maximum absolute atomic E-state index is 11.7. The van der Waals surface area contributed by atoms with Gasteiger partial charge in [-0.2, -0.15) is 0 Å². The third-order valence-corrected chi connectivity index (χ3v) is 2.78. The van der Waals surface area contributed by atoms with Gasteiger partial charge in [0.25, 0.3) is 0 Å². The quantitative estimate of drug-likeness (QED) is 0.791. The smallest absolute Gasteiger partial charge is 0.224 e. The zero-order chi connectivity index (χ0) is 11.2. The fourth-order valence-electron chi connectivity index (χ4n) is 1.92. The van der Waals surface area contributed by atoms with Gasteiger partial charge in [-0.3, -0.25) is 4.79 Å². The van der Waals surface area contributed by atoms with Crippen LogP contribution in [0.1, 0.15) is 19.3 Å². The molecule has 1 saturated heterocycles. The van der Waals surface area contributed by atoms with E-state index >= 15 is 0 Å². The van der Waals surface area contributed by atoms with E-state index in [2.05, 4.69) is 20.6 Å². The first kappa shape index (κ1) is 11.0. The summed E-state index contributed by atoms with van der Waals surface area (Å²) in [6.45, 7) is 2.04. The van der Waals surface area contributed by atoms with Gasteiger partial charge in [0, 0.05) is 6.42 Å². The van der Waals surface area contributed by atoms with E-state index in [-0.39, 0.29) is 5.91 Å². The second-order valence-electron chi connectivity index (χ2n) is 4.07. The summed E-state index contributed by atoms with van der Waals surface area (Å²) in [4.78, 5) is 19.4. The van der Waals surface area contributed by atoms with Gasteiger partial charge >= 0.3 is 0 Å². The molecule has 0 spiro atoms. The molecule has 0 radical (unpaired) electrons. The summed E-state index contributed by atoms with van der Waals surface area (Å²) in [6.07, 6.45) is 7.41. The Morgan fingerprint density at radius 3 is 2.75 bits per heavy atom. The molecule has 0 aromatic carbocycles. The summed E-state index contributed by atoms with van der Waals surface area (Å²) in [5.74, 6) is 0.563. The highest BCUT2D eigenvalue weighted by Gasteiger charge is 2.16. The van der Waals surface area contributed by atoms with Crippen molar-refractivity contribution < 1.29 is 4.79 Å². The van der Waals surface area contributed by atoms with Crippen LogP contribution in [0.15, 0.2) is 18.7 Å². The number of carbonyl (C=O) groups is 1. The highest BCUT2D eigenvalue weighted by molar-refractivity contribution is 5.90. The second kappa shape index (κ2) is 5.55. The molecular weight excluding hydrogens is 204 g/mol. The van der Waals surface area contributed by atoms with Crippen LogP contribution in [0.2, 0.25) is 0 Å². The van der Waals surface area contributed by atoms with E-state index in [1.54, 1.807) is 12.4 Å². The molecule has 0 atom stereocenters. The van der Waals surface area contributed by atoms with Crippen molar-refractivity contribution in [3.05, 3.63) is 18.7 Å². The van der Waals surface area contributed by atoms with Crippen LogP contribution in [0.3, 0.4) is 0 Å². The first-order chi connectivity index (χ1) is 7.84. The largest absolute Gasteiger partial charge is 0.323 e. The standard InChI is InChI=1S/C11H16N4O/c16-11(5-9-1-3-12-4-2-9)15-10-6-13-8-14-7-10/h6-9,12H,1-5H2,(H,15,16). The minimum Gasteiger partial charge on any atom is -0.323 e. The Hall–Kier alpha value is -1.49. The summed E-state index contributed by atoms with van der Waals surface area (Å²) in [7, 11) is 0. The molecule has 1 aliphatic heterocycles. The number of amides is 1. The zero-order valence-electron chi connectivity index (χ0n) is 9.15. The number of hydrogen-bond donors (Lipinski definition) is 2. The third kappa shape index (κ3) is 3.27. The number of nitrogens with one attached hydrogen (secondary N) is 2. The van der Waals surface area contributed by atoms with Crippen LogP contribution in [-0.4, -0.2) is 29.0 Å². The molecule has 1 amide bonds. The van der Waals surface area contributed by atoms with Gasteiger partial charge in [-0.1, -0.05) is 0 Å². The van der Waals surface area contributed by atoms with Crippen molar-refractivity contribution in [1.29, 1.82) is 0 Å². The Balaban J connectivity index is 1.80. The predicted molar refractivity (Wildman–Crippen MR) is 60.9 cm³/mol. The molecule has 5 nitrogen and oxygen atoms in total. The zero-order valence-corrected chi connectivity index (χ0v) is 9.15. The molecule has 5 heteroatoms. The van der Waals surface area contributed by atoms with Gasteiger partial charge in [0.15, 0.2) is 0 Å². The van der Waals surface area contributed by atoms with Crippen LogP contribution in [0, 0.1) is 5.92 Å². The fraction of sp³-hybridized carbons (Fsp3) is 0.545. The maximum atomic E-state index is 11.7. The third-order valence-electron chi connectivity index (χ3n) is 2.78. The van der Waals surface area contributed by atoms with Gasteiger partial charge in [-0.15, -0.1) is 0 Å². The van der Waals surface area contributed by atoms with E-state index < -0.39 is 0 Å². The first-order valence-electron chi connectivity index (χ1n) is 5.60.